The van der Waals surface area contributed by atoms with Gasteiger partial charge in [0.2, 0.25) is 5.95 Å². The molecule has 6 nitrogen and oxygen atoms in total. The molecule has 33 heavy (non-hydrogen) atoms. The minimum absolute atomic E-state index is 0.0359. The number of aromatic nitrogens is 2. The number of anilines is 4. The first kappa shape index (κ1) is 23.4. The molecule has 1 heterocycles. The van der Waals surface area contributed by atoms with Crippen LogP contribution in [0.3, 0.4) is 0 Å². The molecule has 0 aliphatic heterocycles. The van der Waals surface area contributed by atoms with E-state index < -0.39 is 0 Å². The number of rotatable bonds is 10. The van der Waals surface area contributed by atoms with Gasteiger partial charge in [-0.15, -0.1) is 13.2 Å². The Morgan fingerprint density at radius 2 is 1.82 bits per heavy atom. The van der Waals surface area contributed by atoms with Crippen LogP contribution >= 0.6 is 0 Å². The molecule has 3 aromatic rings. The fourth-order valence-electron chi connectivity index (χ4n) is 3.61. The number of nitrogens with one attached hydrogen (secondary N) is 2. The Balaban J connectivity index is 1.78. The molecule has 0 aliphatic rings. The molecule has 2 aromatic carbocycles. The summed E-state index contributed by atoms with van der Waals surface area (Å²) in [5.74, 6) is 1.22. The van der Waals surface area contributed by atoms with E-state index in [1.165, 1.54) is 0 Å². The lowest BCUT2D eigenvalue weighted by molar-refractivity contribution is -0.118. The highest BCUT2D eigenvalue weighted by molar-refractivity contribution is 5.81. The van der Waals surface area contributed by atoms with Gasteiger partial charge in [0.25, 0.3) is 0 Å². The number of nitrogens with zero attached hydrogens (tertiary/aromatic N) is 3. The van der Waals surface area contributed by atoms with E-state index in [4.69, 9.17) is 5.26 Å². The van der Waals surface area contributed by atoms with E-state index in [1.54, 1.807) is 30.5 Å². The summed E-state index contributed by atoms with van der Waals surface area (Å²) in [4.78, 5) is 20.9. The summed E-state index contributed by atoms with van der Waals surface area (Å²) >= 11 is 0. The number of Topliss-reactive ketones (excluding diaryl/α,β-unsaturated/α-hetero) is 1. The van der Waals surface area contributed by atoms with Crippen molar-refractivity contribution in [1.29, 1.82) is 5.26 Å². The lowest BCUT2D eigenvalue weighted by Gasteiger charge is -2.18. The maximum absolute atomic E-state index is 12.1. The average molecular weight is 438 g/mol. The molecule has 1 atom stereocenters. The van der Waals surface area contributed by atoms with E-state index in [0.717, 1.165) is 28.1 Å². The number of aryl methyl sites for hydroxylation is 2. The highest BCUT2D eigenvalue weighted by atomic mass is 16.1. The van der Waals surface area contributed by atoms with Crippen LogP contribution in [0.2, 0.25) is 0 Å². The second-order valence-electron chi connectivity index (χ2n) is 7.81. The zero-order valence-corrected chi connectivity index (χ0v) is 18.9. The standard InChI is InChI=1S/C27H27N5O/c1-5-7-24(33)16-21(6-2)22-14-18(3)26(19(4)15-22)31-25-12-13-29-27(32-25)30-23-10-8-20(17-28)9-11-23/h5-6,8-15,21H,1-2,7,16H2,3-4H3,(H2,29,30,31,32). The smallest absolute Gasteiger partial charge is 0.229 e. The van der Waals surface area contributed by atoms with Crippen molar-refractivity contribution in [2.45, 2.75) is 32.6 Å². The van der Waals surface area contributed by atoms with Crippen molar-refractivity contribution in [2.75, 3.05) is 10.6 Å². The maximum Gasteiger partial charge on any atom is 0.229 e. The first-order chi connectivity index (χ1) is 15.9. The van der Waals surface area contributed by atoms with Gasteiger partial charge in [-0.1, -0.05) is 24.3 Å². The van der Waals surface area contributed by atoms with E-state index in [2.05, 4.69) is 52.0 Å². The molecular weight excluding hydrogens is 410 g/mol. The number of hydrogen-bond donors (Lipinski definition) is 2. The van der Waals surface area contributed by atoms with E-state index in [0.29, 0.717) is 30.2 Å². The van der Waals surface area contributed by atoms with Gasteiger partial charge in [-0.3, -0.25) is 4.79 Å². The lowest BCUT2D eigenvalue weighted by Crippen LogP contribution is -2.07. The van der Waals surface area contributed by atoms with Crippen LogP contribution in [0.5, 0.6) is 0 Å². The monoisotopic (exact) mass is 437 g/mol. The van der Waals surface area contributed by atoms with Crippen LogP contribution in [0.1, 0.15) is 41.0 Å². The Bertz CT molecular complexity index is 1180. The molecule has 0 saturated carbocycles. The normalized spacial score (nSPS) is 11.2. The number of benzene rings is 2. The van der Waals surface area contributed by atoms with Gasteiger partial charge in [0.15, 0.2) is 0 Å². The van der Waals surface area contributed by atoms with Crippen molar-refractivity contribution in [3.8, 4) is 6.07 Å². The van der Waals surface area contributed by atoms with E-state index >= 15 is 0 Å². The zero-order valence-electron chi connectivity index (χ0n) is 18.9. The van der Waals surface area contributed by atoms with Gasteiger partial charge in [0.1, 0.15) is 11.6 Å². The molecule has 0 aliphatic carbocycles. The largest absolute Gasteiger partial charge is 0.340 e. The number of allylic oxidation sites excluding steroid dienone is 2. The van der Waals surface area contributed by atoms with Crippen LogP contribution in [0.15, 0.2) is 74.0 Å². The summed E-state index contributed by atoms with van der Waals surface area (Å²) < 4.78 is 0. The van der Waals surface area contributed by atoms with Gasteiger partial charge in [0.05, 0.1) is 11.6 Å². The topological polar surface area (TPSA) is 90.7 Å². The molecule has 0 amide bonds. The molecular formula is C27H27N5O. The third-order valence-electron chi connectivity index (χ3n) is 5.27. The molecule has 6 heteroatoms. The fraction of sp³-hybridized carbons (Fsp3) is 0.185. The summed E-state index contributed by atoms with van der Waals surface area (Å²) in [5, 5.41) is 15.5. The maximum atomic E-state index is 12.1. The highest BCUT2D eigenvalue weighted by Gasteiger charge is 2.15. The van der Waals surface area contributed by atoms with Crippen molar-refractivity contribution >= 4 is 28.9 Å². The molecule has 0 bridgehead atoms. The van der Waals surface area contributed by atoms with Gasteiger partial charge >= 0.3 is 0 Å². The van der Waals surface area contributed by atoms with Crippen molar-refractivity contribution in [3.05, 3.63) is 96.2 Å². The van der Waals surface area contributed by atoms with E-state index in [-0.39, 0.29) is 11.7 Å². The Kier molecular flexibility index (Phi) is 7.72. The summed E-state index contributed by atoms with van der Waals surface area (Å²) in [6, 6.07) is 15.2. The van der Waals surface area contributed by atoms with Gasteiger partial charge < -0.3 is 10.6 Å². The Morgan fingerprint density at radius 3 is 2.42 bits per heavy atom. The summed E-state index contributed by atoms with van der Waals surface area (Å²) in [6.07, 6.45) is 5.93. The van der Waals surface area contributed by atoms with Crippen LogP contribution in [0.4, 0.5) is 23.1 Å². The molecule has 0 saturated heterocycles. The van der Waals surface area contributed by atoms with Crippen LogP contribution in [-0.4, -0.2) is 15.8 Å². The molecule has 0 spiro atoms. The van der Waals surface area contributed by atoms with Gasteiger partial charge in [-0.25, -0.2) is 4.98 Å². The van der Waals surface area contributed by atoms with Crippen LogP contribution in [0.25, 0.3) is 0 Å². The van der Waals surface area contributed by atoms with E-state index in [9.17, 15) is 4.79 Å². The van der Waals surface area contributed by atoms with Crippen molar-refractivity contribution in [1.82, 2.24) is 9.97 Å². The lowest BCUT2D eigenvalue weighted by atomic mass is 9.90. The summed E-state index contributed by atoms with van der Waals surface area (Å²) in [7, 11) is 0. The number of carbonyl (C=O) groups excluding carboxylic acids is 1. The third kappa shape index (κ3) is 6.14. The Hall–Kier alpha value is -4.24. The summed E-state index contributed by atoms with van der Waals surface area (Å²) in [6.45, 7) is 11.6. The van der Waals surface area contributed by atoms with E-state index in [1.807, 2.05) is 32.1 Å². The predicted octanol–water partition coefficient (Wildman–Crippen LogP) is 6.26. The number of ketones is 1. The van der Waals surface area contributed by atoms with Gasteiger partial charge in [-0.2, -0.15) is 10.2 Å². The molecule has 3 rings (SSSR count). The molecule has 1 aromatic heterocycles. The van der Waals surface area contributed by atoms with Crippen molar-refractivity contribution < 1.29 is 4.79 Å². The first-order valence-electron chi connectivity index (χ1n) is 10.7. The van der Waals surface area contributed by atoms with Gasteiger partial charge in [0, 0.05) is 36.3 Å². The predicted molar refractivity (Wildman–Crippen MR) is 133 cm³/mol. The number of hydrogen-bond acceptors (Lipinski definition) is 6. The third-order valence-corrected chi connectivity index (χ3v) is 5.27. The number of nitriles is 1. The Morgan fingerprint density at radius 1 is 1.12 bits per heavy atom. The molecule has 1 unspecified atom stereocenters. The molecule has 166 valence electrons. The fourth-order valence-corrected chi connectivity index (χ4v) is 3.61. The first-order valence-corrected chi connectivity index (χ1v) is 10.7. The minimum Gasteiger partial charge on any atom is -0.340 e. The highest BCUT2D eigenvalue weighted by Crippen LogP contribution is 2.31. The second kappa shape index (κ2) is 10.9. The average Bonchev–Trinajstić information content (AvgIpc) is 2.80. The second-order valence-corrected chi connectivity index (χ2v) is 7.81. The summed E-state index contributed by atoms with van der Waals surface area (Å²) in [5.41, 5.74) is 5.51. The minimum atomic E-state index is -0.0359. The molecule has 2 N–H and O–H groups in total. The van der Waals surface area contributed by atoms with Crippen molar-refractivity contribution in [3.63, 3.8) is 0 Å². The van der Waals surface area contributed by atoms with Crippen LogP contribution < -0.4 is 10.6 Å². The molecule has 0 radical (unpaired) electrons. The van der Waals surface area contributed by atoms with Crippen molar-refractivity contribution in [2.24, 2.45) is 0 Å². The van der Waals surface area contributed by atoms with Gasteiger partial charge in [-0.05, 0) is 60.9 Å². The SMILES string of the molecule is C=CCC(=O)CC(C=C)c1cc(C)c(Nc2ccnc(Nc3ccc(C#N)cc3)n2)c(C)c1. The Labute approximate surface area is 194 Å². The van der Waals surface area contributed by atoms with Crippen LogP contribution in [0, 0.1) is 25.2 Å². The number of carbonyl (C=O) groups is 1. The van der Waals surface area contributed by atoms with Crippen LogP contribution in [-0.2, 0) is 4.79 Å². The molecule has 0 fully saturated rings. The quantitative estimate of drug-likeness (QED) is 0.364. The zero-order chi connectivity index (χ0) is 23.8.